The predicted molar refractivity (Wildman–Crippen MR) is 79.0 cm³/mol. The molecule has 0 atom stereocenters. The third-order valence-electron chi connectivity index (χ3n) is 3.04. The molecule has 1 N–H and O–H groups in total. The topological polar surface area (TPSA) is 57.6 Å². The standard InChI is InChI=1S/C15H15F2NO3S/c16-14-8-7-13(11-15(14)17)22(20,21)18(9-4-10-19)12-5-2-1-3-6-12/h1-3,5-8,11,19H,4,9-10H2. The van der Waals surface area contributed by atoms with E-state index in [4.69, 9.17) is 5.11 Å². The highest BCUT2D eigenvalue weighted by Crippen LogP contribution is 2.24. The number of hydrogen-bond acceptors (Lipinski definition) is 3. The second-order valence-corrected chi connectivity index (χ2v) is 6.43. The van der Waals surface area contributed by atoms with Gasteiger partial charge in [-0.05, 0) is 36.8 Å². The van der Waals surface area contributed by atoms with Crippen LogP contribution in [0.4, 0.5) is 14.5 Å². The van der Waals surface area contributed by atoms with Gasteiger partial charge in [0.2, 0.25) is 0 Å². The van der Waals surface area contributed by atoms with Crippen molar-refractivity contribution >= 4 is 15.7 Å². The van der Waals surface area contributed by atoms with E-state index in [1.165, 1.54) is 0 Å². The molecule has 0 aliphatic heterocycles. The number of hydrogen-bond donors (Lipinski definition) is 1. The fourth-order valence-corrected chi connectivity index (χ4v) is 3.48. The zero-order valence-electron chi connectivity index (χ0n) is 11.6. The highest BCUT2D eigenvalue weighted by Gasteiger charge is 2.25. The van der Waals surface area contributed by atoms with Gasteiger partial charge in [-0.2, -0.15) is 0 Å². The smallest absolute Gasteiger partial charge is 0.264 e. The van der Waals surface area contributed by atoms with Crippen LogP contribution in [0, 0.1) is 11.6 Å². The second-order valence-electron chi connectivity index (χ2n) is 4.57. The minimum absolute atomic E-state index is 0.0296. The Morgan fingerprint density at radius 2 is 1.68 bits per heavy atom. The maximum Gasteiger partial charge on any atom is 0.264 e. The lowest BCUT2D eigenvalue weighted by atomic mass is 10.3. The Morgan fingerprint density at radius 1 is 1.00 bits per heavy atom. The first-order valence-corrected chi connectivity index (χ1v) is 8.04. The molecule has 22 heavy (non-hydrogen) atoms. The molecule has 0 bridgehead atoms. The van der Waals surface area contributed by atoms with Gasteiger partial charge in [-0.1, -0.05) is 18.2 Å². The quantitative estimate of drug-likeness (QED) is 0.887. The molecule has 0 unspecified atom stereocenters. The molecular formula is C15H15F2NO3S. The summed E-state index contributed by atoms with van der Waals surface area (Å²) in [7, 11) is -4.05. The van der Waals surface area contributed by atoms with Crippen LogP contribution in [0.25, 0.3) is 0 Å². The van der Waals surface area contributed by atoms with Crippen molar-refractivity contribution in [1.29, 1.82) is 0 Å². The summed E-state index contributed by atoms with van der Waals surface area (Å²) in [6.07, 6.45) is 0.220. The minimum Gasteiger partial charge on any atom is -0.396 e. The molecule has 0 aromatic heterocycles. The van der Waals surface area contributed by atoms with E-state index in [0.717, 1.165) is 16.4 Å². The molecule has 0 saturated carbocycles. The Balaban J connectivity index is 2.46. The van der Waals surface area contributed by atoms with Crippen LogP contribution < -0.4 is 4.31 Å². The molecule has 0 fully saturated rings. The van der Waals surface area contributed by atoms with E-state index in [1.54, 1.807) is 30.3 Å². The Morgan fingerprint density at radius 3 is 2.27 bits per heavy atom. The van der Waals surface area contributed by atoms with E-state index in [9.17, 15) is 17.2 Å². The van der Waals surface area contributed by atoms with Crippen LogP contribution in [0.2, 0.25) is 0 Å². The van der Waals surface area contributed by atoms with E-state index >= 15 is 0 Å². The molecule has 0 radical (unpaired) electrons. The van der Waals surface area contributed by atoms with Crippen LogP contribution in [0.15, 0.2) is 53.4 Å². The van der Waals surface area contributed by atoms with Crippen LogP contribution in [0.5, 0.6) is 0 Å². The summed E-state index contributed by atoms with van der Waals surface area (Å²) in [6, 6.07) is 10.7. The van der Waals surface area contributed by atoms with Gasteiger partial charge in [0.15, 0.2) is 11.6 Å². The number of sulfonamides is 1. The van der Waals surface area contributed by atoms with E-state index < -0.39 is 21.7 Å². The van der Waals surface area contributed by atoms with Gasteiger partial charge in [0.25, 0.3) is 10.0 Å². The second kappa shape index (κ2) is 6.85. The molecular weight excluding hydrogens is 312 g/mol. The van der Waals surface area contributed by atoms with Gasteiger partial charge >= 0.3 is 0 Å². The molecule has 0 spiro atoms. The number of para-hydroxylation sites is 1. The molecule has 2 aromatic carbocycles. The third kappa shape index (κ3) is 3.42. The monoisotopic (exact) mass is 327 g/mol. The lowest BCUT2D eigenvalue weighted by Gasteiger charge is -2.24. The lowest BCUT2D eigenvalue weighted by Crippen LogP contribution is -2.32. The number of anilines is 1. The average Bonchev–Trinajstić information content (AvgIpc) is 2.51. The molecule has 0 aliphatic carbocycles. The maximum atomic E-state index is 13.3. The number of aliphatic hydroxyl groups is 1. The van der Waals surface area contributed by atoms with Crippen molar-refractivity contribution in [2.45, 2.75) is 11.3 Å². The zero-order chi connectivity index (χ0) is 16.2. The van der Waals surface area contributed by atoms with E-state index in [0.29, 0.717) is 11.8 Å². The van der Waals surface area contributed by atoms with Crippen molar-refractivity contribution in [1.82, 2.24) is 0 Å². The molecule has 0 amide bonds. The summed E-state index contributed by atoms with van der Waals surface area (Å²) >= 11 is 0. The Labute approximate surface area is 127 Å². The summed E-state index contributed by atoms with van der Waals surface area (Å²) in [5.74, 6) is -2.34. The number of rotatable bonds is 6. The predicted octanol–water partition coefficient (Wildman–Crippen LogP) is 2.54. The third-order valence-corrected chi connectivity index (χ3v) is 4.87. The first-order chi connectivity index (χ1) is 10.5. The van der Waals surface area contributed by atoms with Crippen molar-refractivity contribution in [3.05, 3.63) is 60.2 Å². The molecule has 0 saturated heterocycles. The van der Waals surface area contributed by atoms with Crippen molar-refractivity contribution in [2.24, 2.45) is 0 Å². The molecule has 7 heteroatoms. The van der Waals surface area contributed by atoms with Crippen molar-refractivity contribution < 1.29 is 22.3 Å². The van der Waals surface area contributed by atoms with Gasteiger partial charge in [-0.3, -0.25) is 4.31 Å². The summed E-state index contributed by atoms with van der Waals surface area (Å²) in [5, 5.41) is 8.95. The van der Waals surface area contributed by atoms with Gasteiger partial charge in [0.05, 0.1) is 10.6 Å². The summed E-state index contributed by atoms with van der Waals surface area (Å²) in [6.45, 7) is -0.154. The highest BCUT2D eigenvalue weighted by atomic mass is 32.2. The average molecular weight is 327 g/mol. The van der Waals surface area contributed by atoms with Crippen molar-refractivity contribution in [3.8, 4) is 0 Å². The molecule has 4 nitrogen and oxygen atoms in total. The number of benzene rings is 2. The number of nitrogens with zero attached hydrogens (tertiary/aromatic N) is 1. The molecule has 2 aromatic rings. The van der Waals surface area contributed by atoms with Crippen LogP contribution in [0.1, 0.15) is 6.42 Å². The van der Waals surface area contributed by atoms with Crippen LogP contribution in [-0.4, -0.2) is 26.7 Å². The fraction of sp³-hybridized carbons (Fsp3) is 0.200. The fourth-order valence-electron chi connectivity index (χ4n) is 1.96. The molecule has 0 heterocycles. The summed E-state index contributed by atoms with van der Waals surface area (Å²) in [5.41, 5.74) is 0.390. The van der Waals surface area contributed by atoms with E-state index in [2.05, 4.69) is 0 Å². The molecule has 2 rings (SSSR count). The highest BCUT2D eigenvalue weighted by molar-refractivity contribution is 7.92. The normalized spacial score (nSPS) is 11.4. The Hall–Kier alpha value is -1.99. The van der Waals surface area contributed by atoms with Crippen LogP contribution >= 0.6 is 0 Å². The summed E-state index contributed by atoms with van der Waals surface area (Å²) in [4.78, 5) is -0.340. The number of halogens is 2. The Kier molecular flexibility index (Phi) is 5.10. The van der Waals surface area contributed by atoms with Gasteiger partial charge < -0.3 is 5.11 Å². The van der Waals surface area contributed by atoms with Gasteiger partial charge in [-0.25, -0.2) is 17.2 Å². The SMILES string of the molecule is O=S(=O)(c1ccc(F)c(F)c1)N(CCCO)c1ccccc1. The van der Waals surface area contributed by atoms with Crippen LogP contribution in [0.3, 0.4) is 0 Å². The molecule has 0 aliphatic rings. The van der Waals surface area contributed by atoms with Crippen LogP contribution in [-0.2, 0) is 10.0 Å². The maximum absolute atomic E-state index is 13.3. The van der Waals surface area contributed by atoms with Gasteiger partial charge in [0, 0.05) is 13.2 Å². The minimum atomic E-state index is -4.05. The van der Waals surface area contributed by atoms with E-state index in [-0.39, 0.29) is 24.5 Å². The number of aliphatic hydroxyl groups excluding tert-OH is 1. The molecule has 118 valence electrons. The largest absolute Gasteiger partial charge is 0.396 e. The van der Waals surface area contributed by atoms with Crippen molar-refractivity contribution in [2.75, 3.05) is 17.5 Å². The van der Waals surface area contributed by atoms with Gasteiger partial charge in [-0.15, -0.1) is 0 Å². The summed E-state index contributed by atoms with van der Waals surface area (Å²) < 4.78 is 52.7. The van der Waals surface area contributed by atoms with Gasteiger partial charge in [0.1, 0.15) is 0 Å². The van der Waals surface area contributed by atoms with Crippen molar-refractivity contribution in [3.63, 3.8) is 0 Å². The first kappa shape index (κ1) is 16.4. The van der Waals surface area contributed by atoms with E-state index in [1.807, 2.05) is 0 Å². The Bertz CT molecular complexity index is 736. The first-order valence-electron chi connectivity index (χ1n) is 6.60. The lowest BCUT2D eigenvalue weighted by molar-refractivity contribution is 0.291. The zero-order valence-corrected chi connectivity index (χ0v) is 12.4.